The summed E-state index contributed by atoms with van der Waals surface area (Å²) in [5, 5.41) is 15.0. The van der Waals surface area contributed by atoms with E-state index < -0.39 is 6.10 Å². The number of ether oxygens (including phenoxy) is 1. The fraction of sp³-hybridized carbons (Fsp3) is 0.800. The number of aromatic nitrogens is 2. The van der Waals surface area contributed by atoms with Crippen LogP contribution in [0.3, 0.4) is 0 Å². The van der Waals surface area contributed by atoms with Gasteiger partial charge in [0.05, 0.1) is 17.9 Å². The minimum absolute atomic E-state index is 0.00437. The maximum absolute atomic E-state index is 10.4. The third-order valence-electron chi connectivity index (χ3n) is 3.82. The first-order chi connectivity index (χ1) is 9.19. The number of nitrogens with zero attached hydrogens (tertiary/aromatic N) is 2. The highest BCUT2D eigenvalue weighted by Crippen LogP contribution is 2.36. The van der Waals surface area contributed by atoms with Crippen molar-refractivity contribution in [3.63, 3.8) is 0 Å². The van der Waals surface area contributed by atoms with E-state index in [-0.39, 0.29) is 6.10 Å². The first kappa shape index (κ1) is 14.5. The quantitative estimate of drug-likeness (QED) is 0.784. The Balaban J connectivity index is 2.03. The lowest BCUT2D eigenvalue weighted by Crippen LogP contribution is -2.33. The molecule has 2 unspecified atom stereocenters. The van der Waals surface area contributed by atoms with E-state index in [1.54, 1.807) is 0 Å². The molecule has 0 spiro atoms. The molecule has 0 amide bonds. The van der Waals surface area contributed by atoms with E-state index in [0.29, 0.717) is 18.9 Å². The second-order valence-electron chi connectivity index (χ2n) is 5.33. The van der Waals surface area contributed by atoms with Gasteiger partial charge in [0, 0.05) is 25.3 Å². The molecule has 108 valence electrons. The average molecular weight is 266 g/mol. The second kappa shape index (κ2) is 6.53. The first-order valence-corrected chi connectivity index (χ1v) is 7.54. The number of aryl methyl sites for hydroxylation is 2. The lowest BCUT2D eigenvalue weighted by Gasteiger charge is -2.22. The van der Waals surface area contributed by atoms with E-state index in [1.807, 2.05) is 11.6 Å². The van der Waals surface area contributed by atoms with Crippen LogP contribution in [0, 0.1) is 5.92 Å². The Hall–Kier alpha value is -0.870. The summed E-state index contributed by atoms with van der Waals surface area (Å²) >= 11 is 0. The Morgan fingerprint density at radius 3 is 2.68 bits per heavy atom. The molecule has 4 nitrogen and oxygen atoms in total. The summed E-state index contributed by atoms with van der Waals surface area (Å²) in [6, 6.07) is 2.11. The van der Waals surface area contributed by atoms with Gasteiger partial charge in [-0.1, -0.05) is 6.92 Å². The monoisotopic (exact) mass is 266 g/mol. The molecule has 1 aliphatic rings. The number of aliphatic hydroxyl groups excluding tert-OH is 1. The first-order valence-electron chi connectivity index (χ1n) is 7.54. The van der Waals surface area contributed by atoms with Crippen molar-refractivity contribution in [3.8, 4) is 0 Å². The molecule has 0 radical (unpaired) electrons. The van der Waals surface area contributed by atoms with Crippen molar-refractivity contribution in [2.24, 2.45) is 5.92 Å². The van der Waals surface area contributed by atoms with Gasteiger partial charge < -0.3 is 9.84 Å². The zero-order valence-corrected chi connectivity index (χ0v) is 12.3. The molecule has 2 rings (SSSR count). The van der Waals surface area contributed by atoms with Crippen LogP contribution < -0.4 is 0 Å². The molecule has 1 aromatic rings. The van der Waals surface area contributed by atoms with Gasteiger partial charge in [0.2, 0.25) is 0 Å². The zero-order chi connectivity index (χ0) is 13.8. The molecule has 4 heteroatoms. The van der Waals surface area contributed by atoms with Gasteiger partial charge in [0.1, 0.15) is 0 Å². The minimum atomic E-state index is -0.417. The van der Waals surface area contributed by atoms with Crippen LogP contribution in [0.1, 0.15) is 45.0 Å². The van der Waals surface area contributed by atoms with E-state index in [4.69, 9.17) is 4.74 Å². The van der Waals surface area contributed by atoms with Gasteiger partial charge in [-0.05, 0) is 45.1 Å². The third kappa shape index (κ3) is 3.57. The second-order valence-corrected chi connectivity index (χ2v) is 5.33. The van der Waals surface area contributed by atoms with Crippen molar-refractivity contribution in [1.29, 1.82) is 0 Å². The van der Waals surface area contributed by atoms with Crippen molar-refractivity contribution in [1.82, 2.24) is 9.78 Å². The lowest BCUT2D eigenvalue weighted by molar-refractivity contribution is -0.0446. The Morgan fingerprint density at radius 1 is 1.42 bits per heavy atom. The SMILES string of the molecule is CCOC(C(O)Cc1cc(CC)nn1CC)C1CC1. The van der Waals surface area contributed by atoms with Crippen molar-refractivity contribution < 1.29 is 9.84 Å². The van der Waals surface area contributed by atoms with Gasteiger partial charge in [-0.2, -0.15) is 5.10 Å². The Bertz CT molecular complexity index is 399. The number of hydrogen-bond donors (Lipinski definition) is 1. The predicted molar refractivity (Wildman–Crippen MR) is 75.1 cm³/mol. The van der Waals surface area contributed by atoms with Crippen LogP contribution in [0.5, 0.6) is 0 Å². The van der Waals surface area contributed by atoms with Gasteiger partial charge >= 0.3 is 0 Å². The molecule has 0 aliphatic heterocycles. The molecule has 1 aromatic heterocycles. The third-order valence-corrected chi connectivity index (χ3v) is 3.82. The van der Waals surface area contributed by atoms with Crippen LogP contribution in [0.4, 0.5) is 0 Å². The Morgan fingerprint density at radius 2 is 2.16 bits per heavy atom. The van der Waals surface area contributed by atoms with Crippen molar-refractivity contribution in [2.45, 2.75) is 65.2 Å². The number of rotatable bonds is 8. The van der Waals surface area contributed by atoms with Crippen LogP contribution in [-0.4, -0.2) is 33.7 Å². The fourth-order valence-corrected chi connectivity index (χ4v) is 2.63. The van der Waals surface area contributed by atoms with Crippen molar-refractivity contribution in [3.05, 3.63) is 17.5 Å². The van der Waals surface area contributed by atoms with E-state index in [1.165, 1.54) is 12.8 Å². The van der Waals surface area contributed by atoms with E-state index in [9.17, 15) is 5.11 Å². The largest absolute Gasteiger partial charge is 0.390 e. The standard InChI is InChI=1S/C15H26N2O2/c1-4-12-9-13(17(5-2)16-12)10-14(18)15(19-6-3)11-7-8-11/h9,11,14-15,18H,4-8,10H2,1-3H3. The number of aliphatic hydroxyl groups is 1. The summed E-state index contributed by atoms with van der Waals surface area (Å²) in [6.45, 7) is 7.71. The van der Waals surface area contributed by atoms with Gasteiger partial charge in [-0.25, -0.2) is 0 Å². The Kier molecular flexibility index (Phi) is 4.99. The molecule has 1 aliphatic carbocycles. The maximum Gasteiger partial charge on any atom is 0.0865 e. The highest BCUT2D eigenvalue weighted by molar-refractivity contribution is 5.12. The van der Waals surface area contributed by atoms with Crippen LogP contribution in [0.15, 0.2) is 6.07 Å². The Labute approximate surface area is 115 Å². The van der Waals surface area contributed by atoms with Crippen molar-refractivity contribution in [2.75, 3.05) is 6.61 Å². The maximum atomic E-state index is 10.4. The molecule has 0 saturated heterocycles. The van der Waals surface area contributed by atoms with Crippen LogP contribution in [0.2, 0.25) is 0 Å². The predicted octanol–water partition coefficient (Wildman–Crippen LogP) is 2.18. The summed E-state index contributed by atoms with van der Waals surface area (Å²) in [5.74, 6) is 0.554. The molecular formula is C15H26N2O2. The van der Waals surface area contributed by atoms with E-state index >= 15 is 0 Å². The molecule has 0 bridgehead atoms. The minimum Gasteiger partial charge on any atom is -0.390 e. The van der Waals surface area contributed by atoms with Gasteiger partial charge in [-0.3, -0.25) is 4.68 Å². The van der Waals surface area contributed by atoms with E-state index in [2.05, 4.69) is 25.0 Å². The van der Waals surface area contributed by atoms with E-state index in [0.717, 1.165) is 24.4 Å². The molecule has 1 fully saturated rings. The number of hydrogen-bond acceptors (Lipinski definition) is 3. The summed E-state index contributed by atoms with van der Waals surface area (Å²) in [5.41, 5.74) is 2.22. The fourth-order valence-electron chi connectivity index (χ4n) is 2.63. The molecule has 19 heavy (non-hydrogen) atoms. The lowest BCUT2D eigenvalue weighted by atomic mass is 10.0. The summed E-state index contributed by atoms with van der Waals surface area (Å²) in [4.78, 5) is 0. The van der Waals surface area contributed by atoms with Crippen LogP contribution in [0.25, 0.3) is 0 Å². The average Bonchev–Trinajstić information content (AvgIpc) is 3.17. The van der Waals surface area contributed by atoms with Gasteiger partial charge in [0.15, 0.2) is 0 Å². The molecule has 2 atom stereocenters. The zero-order valence-electron chi connectivity index (χ0n) is 12.3. The molecule has 0 aromatic carbocycles. The molecular weight excluding hydrogens is 240 g/mol. The molecule has 1 heterocycles. The summed E-state index contributed by atoms with van der Waals surface area (Å²) in [7, 11) is 0. The summed E-state index contributed by atoms with van der Waals surface area (Å²) < 4.78 is 7.72. The molecule has 1 saturated carbocycles. The normalized spacial score (nSPS) is 18.5. The summed E-state index contributed by atoms with van der Waals surface area (Å²) in [6.07, 6.45) is 3.54. The molecule has 1 N–H and O–H groups in total. The highest BCUT2D eigenvalue weighted by Gasteiger charge is 2.36. The van der Waals surface area contributed by atoms with Gasteiger partial charge in [-0.15, -0.1) is 0 Å². The smallest absolute Gasteiger partial charge is 0.0865 e. The van der Waals surface area contributed by atoms with Crippen LogP contribution in [-0.2, 0) is 24.1 Å². The highest BCUT2D eigenvalue weighted by atomic mass is 16.5. The van der Waals surface area contributed by atoms with Gasteiger partial charge in [0.25, 0.3) is 0 Å². The van der Waals surface area contributed by atoms with Crippen molar-refractivity contribution >= 4 is 0 Å². The van der Waals surface area contributed by atoms with Crippen LogP contribution >= 0.6 is 0 Å². The topological polar surface area (TPSA) is 47.3 Å².